The summed E-state index contributed by atoms with van der Waals surface area (Å²) in [6.07, 6.45) is 4.02. The van der Waals surface area contributed by atoms with Gasteiger partial charge in [-0.3, -0.25) is 9.69 Å². The maximum Gasteiger partial charge on any atom is 0.317 e. The number of rotatable bonds is 8. The molecule has 3 heteroatoms. The summed E-state index contributed by atoms with van der Waals surface area (Å²) >= 11 is 0. The number of likely N-dealkylation sites (N-methyl/N-ethyl adjacent to an activating group) is 1. The molecule has 0 aromatic heterocycles. The van der Waals surface area contributed by atoms with Gasteiger partial charge < -0.3 is 5.11 Å². The van der Waals surface area contributed by atoms with Crippen molar-refractivity contribution in [2.45, 2.75) is 19.8 Å². The number of carbonyl (C=O) groups is 1. The van der Waals surface area contributed by atoms with E-state index in [0.717, 1.165) is 19.4 Å². The average Bonchev–Trinajstić information content (AvgIpc) is 2.59. The Morgan fingerprint density at radius 3 is 2.42 bits per heavy atom. The summed E-state index contributed by atoms with van der Waals surface area (Å²) < 4.78 is 0. The lowest BCUT2D eigenvalue weighted by atomic mass is 9.92. The topological polar surface area (TPSA) is 40.5 Å². The first kappa shape index (κ1) is 18.0. The van der Waals surface area contributed by atoms with E-state index in [0.29, 0.717) is 0 Å². The average molecular weight is 323 g/mol. The summed E-state index contributed by atoms with van der Waals surface area (Å²) in [5, 5.41) is 8.86. The van der Waals surface area contributed by atoms with Gasteiger partial charge in [0.15, 0.2) is 0 Å². The van der Waals surface area contributed by atoms with Crippen LogP contribution in [-0.2, 0) is 11.2 Å². The number of aliphatic carboxylic acids is 1. The fourth-order valence-electron chi connectivity index (χ4n) is 2.83. The van der Waals surface area contributed by atoms with E-state index in [1.165, 1.54) is 22.3 Å². The third kappa shape index (κ3) is 5.07. The zero-order valence-electron chi connectivity index (χ0n) is 14.4. The monoisotopic (exact) mass is 323 g/mol. The van der Waals surface area contributed by atoms with Crippen molar-refractivity contribution < 1.29 is 9.90 Å². The summed E-state index contributed by atoms with van der Waals surface area (Å²) in [5.41, 5.74) is 5.00. The Morgan fingerprint density at radius 1 is 1.08 bits per heavy atom. The predicted octanol–water partition coefficient (Wildman–Crippen LogP) is 4.09. The van der Waals surface area contributed by atoms with Crippen LogP contribution >= 0.6 is 0 Å². The molecule has 1 N–H and O–H groups in total. The number of hydrogen-bond donors (Lipinski definition) is 1. The number of carboxylic acids is 1. The largest absolute Gasteiger partial charge is 0.480 e. The van der Waals surface area contributed by atoms with Crippen molar-refractivity contribution in [2.75, 3.05) is 20.1 Å². The van der Waals surface area contributed by atoms with Crippen molar-refractivity contribution in [3.8, 4) is 0 Å². The first-order valence-corrected chi connectivity index (χ1v) is 8.36. The second-order valence-corrected chi connectivity index (χ2v) is 5.91. The Labute approximate surface area is 144 Å². The quantitative estimate of drug-likeness (QED) is 0.795. The van der Waals surface area contributed by atoms with E-state index in [2.05, 4.69) is 49.4 Å². The molecule has 0 saturated heterocycles. The predicted molar refractivity (Wildman–Crippen MR) is 99.1 cm³/mol. The second kappa shape index (κ2) is 9.04. The van der Waals surface area contributed by atoms with Crippen molar-refractivity contribution in [1.82, 2.24) is 4.90 Å². The normalized spacial score (nSPS) is 11.7. The highest BCUT2D eigenvalue weighted by Gasteiger charge is 2.09. The van der Waals surface area contributed by atoms with Crippen LogP contribution in [0.25, 0.3) is 5.57 Å². The molecule has 0 unspecified atom stereocenters. The van der Waals surface area contributed by atoms with E-state index in [1.807, 2.05) is 30.1 Å². The molecule has 0 atom stereocenters. The molecular formula is C21H25NO2. The van der Waals surface area contributed by atoms with E-state index >= 15 is 0 Å². The van der Waals surface area contributed by atoms with Crippen molar-refractivity contribution in [2.24, 2.45) is 0 Å². The summed E-state index contributed by atoms with van der Waals surface area (Å²) in [7, 11) is 1.84. The van der Waals surface area contributed by atoms with Crippen molar-refractivity contribution in [3.63, 3.8) is 0 Å². The zero-order valence-corrected chi connectivity index (χ0v) is 14.4. The van der Waals surface area contributed by atoms with Crippen molar-refractivity contribution in [3.05, 3.63) is 77.4 Å². The van der Waals surface area contributed by atoms with Gasteiger partial charge in [0.2, 0.25) is 0 Å². The van der Waals surface area contributed by atoms with Crippen molar-refractivity contribution >= 4 is 11.5 Å². The molecule has 0 amide bonds. The summed E-state index contributed by atoms with van der Waals surface area (Å²) in [6, 6.07) is 18.9. The smallest absolute Gasteiger partial charge is 0.317 e. The molecule has 0 aliphatic carbocycles. The molecule has 0 bridgehead atoms. The summed E-state index contributed by atoms with van der Waals surface area (Å²) in [6.45, 7) is 2.96. The van der Waals surface area contributed by atoms with E-state index in [1.54, 1.807) is 0 Å². The zero-order chi connectivity index (χ0) is 17.4. The van der Waals surface area contributed by atoms with Crippen LogP contribution in [0.5, 0.6) is 0 Å². The molecule has 3 nitrogen and oxygen atoms in total. The van der Waals surface area contributed by atoms with Crippen LogP contribution in [-0.4, -0.2) is 36.1 Å². The van der Waals surface area contributed by atoms with Crippen LogP contribution in [0.2, 0.25) is 0 Å². The first-order valence-electron chi connectivity index (χ1n) is 8.36. The third-order valence-corrected chi connectivity index (χ3v) is 4.04. The number of nitrogens with zero attached hydrogens (tertiary/aromatic N) is 1. The molecule has 0 spiro atoms. The molecule has 0 aliphatic rings. The second-order valence-electron chi connectivity index (χ2n) is 5.91. The summed E-state index contributed by atoms with van der Waals surface area (Å²) in [4.78, 5) is 12.6. The number of carboxylic acid groups (broad SMARTS) is 1. The lowest BCUT2D eigenvalue weighted by molar-refractivity contribution is -0.137. The fourth-order valence-corrected chi connectivity index (χ4v) is 2.83. The minimum atomic E-state index is -0.791. The lowest BCUT2D eigenvalue weighted by Gasteiger charge is -2.15. The van der Waals surface area contributed by atoms with Gasteiger partial charge in [-0.15, -0.1) is 0 Å². The first-order chi connectivity index (χ1) is 11.6. The van der Waals surface area contributed by atoms with Gasteiger partial charge in [0.25, 0.3) is 0 Å². The van der Waals surface area contributed by atoms with Crippen LogP contribution in [0.15, 0.2) is 60.7 Å². The summed E-state index contributed by atoms with van der Waals surface area (Å²) in [5.74, 6) is -0.791. The number of aryl methyl sites for hydroxylation is 1. The number of hydrogen-bond acceptors (Lipinski definition) is 2. The van der Waals surface area contributed by atoms with Crippen molar-refractivity contribution in [1.29, 1.82) is 0 Å². The van der Waals surface area contributed by atoms with Gasteiger partial charge >= 0.3 is 5.97 Å². The molecular weight excluding hydrogens is 298 g/mol. The standard InChI is InChI=1S/C21H25NO2/c1-3-17-10-7-8-13-19(17)20(18-11-5-4-6-12-18)14-9-15-22(2)16-21(23)24/h4-8,10-14H,3,9,15-16H2,1-2H3,(H,23,24)/b20-14+. The van der Waals surface area contributed by atoms with E-state index in [-0.39, 0.29) is 6.54 Å². The molecule has 2 aromatic carbocycles. The lowest BCUT2D eigenvalue weighted by Crippen LogP contribution is -2.26. The van der Waals surface area contributed by atoms with Gasteiger partial charge in [-0.05, 0) is 42.2 Å². The Bertz CT molecular complexity index is 692. The Kier molecular flexibility index (Phi) is 6.76. The Balaban J connectivity index is 2.27. The highest BCUT2D eigenvalue weighted by molar-refractivity contribution is 5.81. The van der Waals surface area contributed by atoms with Gasteiger partial charge in [-0.2, -0.15) is 0 Å². The van der Waals surface area contributed by atoms with E-state index < -0.39 is 5.97 Å². The molecule has 0 radical (unpaired) electrons. The van der Waals surface area contributed by atoms with Gasteiger partial charge in [0.1, 0.15) is 0 Å². The molecule has 24 heavy (non-hydrogen) atoms. The van der Waals surface area contributed by atoms with Gasteiger partial charge in [0, 0.05) is 6.54 Å². The molecule has 126 valence electrons. The maximum absolute atomic E-state index is 10.8. The minimum absolute atomic E-state index is 0.0695. The van der Waals surface area contributed by atoms with E-state index in [9.17, 15) is 4.79 Å². The van der Waals surface area contributed by atoms with Crippen LogP contribution in [0.4, 0.5) is 0 Å². The fraction of sp³-hybridized carbons (Fsp3) is 0.286. The highest BCUT2D eigenvalue weighted by atomic mass is 16.4. The molecule has 0 aliphatic heterocycles. The SMILES string of the molecule is CCc1ccccc1/C(=C/CCN(C)CC(=O)O)c1ccccc1. The molecule has 0 fully saturated rings. The minimum Gasteiger partial charge on any atom is -0.480 e. The maximum atomic E-state index is 10.8. The Morgan fingerprint density at radius 2 is 1.75 bits per heavy atom. The number of benzene rings is 2. The molecule has 2 rings (SSSR count). The highest BCUT2D eigenvalue weighted by Crippen LogP contribution is 2.27. The van der Waals surface area contributed by atoms with Gasteiger partial charge in [-0.1, -0.05) is 67.6 Å². The van der Waals surface area contributed by atoms with Crippen LogP contribution in [0, 0.1) is 0 Å². The molecule has 0 heterocycles. The van der Waals surface area contributed by atoms with Gasteiger partial charge in [0.05, 0.1) is 6.54 Å². The van der Waals surface area contributed by atoms with Gasteiger partial charge in [-0.25, -0.2) is 0 Å². The molecule has 2 aromatic rings. The van der Waals surface area contributed by atoms with Crippen LogP contribution in [0.1, 0.15) is 30.0 Å². The molecule has 0 saturated carbocycles. The van der Waals surface area contributed by atoms with Crippen LogP contribution < -0.4 is 0 Å². The third-order valence-electron chi connectivity index (χ3n) is 4.04. The van der Waals surface area contributed by atoms with Crippen LogP contribution in [0.3, 0.4) is 0 Å². The van der Waals surface area contributed by atoms with E-state index in [4.69, 9.17) is 5.11 Å². The Hall–Kier alpha value is -2.39.